The monoisotopic (exact) mass is 227 g/mol. The minimum absolute atomic E-state index is 0.177. The number of carbonyl (C=O) groups is 1. The number of cyclic esters (lactones) is 1. The lowest BCUT2D eigenvalue weighted by Crippen LogP contribution is -2.42. The zero-order valence-corrected chi connectivity index (χ0v) is 9.69. The molecule has 0 aliphatic carbocycles. The average molecular weight is 227 g/mol. The minimum Gasteiger partial charge on any atom is -0.461 e. The first-order valence-corrected chi connectivity index (χ1v) is 5.64. The number of ether oxygens (including phenoxy) is 1. The molecule has 2 aliphatic rings. The van der Waals surface area contributed by atoms with Gasteiger partial charge in [0.1, 0.15) is 6.61 Å². The van der Waals surface area contributed by atoms with Gasteiger partial charge in [-0.2, -0.15) is 0 Å². The summed E-state index contributed by atoms with van der Waals surface area (Å²) in [6.07, 6.45) is 0.318. The van der Waals surface area contributed by atoms with Crippen molar-refractivity contribution in [3.05, 3.63) is 42.0 Å². The Balaban J connectivity index is 2.22. The van der Waals surface area contributed by atoms with E-state index in [1.54, 1.807) is 0 Å². The number of esters is 1. The van der Waals surface area contributed by atoms with Gasteiger partial charge in [-0.25, -0.2) is 0 Å². The summed E-state index contributed by atoms with van der Waals surface area (Å²) in [7, 11) is 0. The summed E-state index contributed by atoms with van der Waals surface area (Å²) >= 11 is 0. The molecular formula is C14H13NO2. The molecule has 3 heteroatoms. The second-order valence-corrected chi connectivity index (χ2v) is 4.56. The van der Waals surface area contributed by atoms with Crippen molar-refractivity contribution in [2.24, 2.45) is 4.99 Å². The molecule has 1 spiro atoms. The highest BCUT2D eigenvalue weighted by molar-refractivity contribution is 6.06. The van der Waals surface area contributed by atoms with Gasteiger partial charge in [0, 0.05) is 5.71 Å². The zero-order valence-electron chi connectivity index (χ0n) is 9.69. The summed E-state index contributed by atoms with van der Waals surface area (Å²) in [5.74, 6) is -0.177. The van der Waals surface area contributed by atoms with Crippen molar-refractivity contribution < 1.29 is 9.53 Å². The molecule has 0 N–H and O–H groups in total. The summed E-state index contributed by atoms with van der Waals surface area (Å²) < 4.78 is 5.05. The maximum absolute atomic E-state index is 11.6. The van der Waals surface area contributed by atoms with Crippen molar-refractivity contribution in [3.63, 3.8) is 0 Å². The molecule has 2 heterocycles. The molecule has 1 aromatic carbocycles. The van der Waals surface area contributed by atoms with Crippen LogP contribution in [0.3, 0.4) is 0 Å². The first-order valence-electron chi connectivity index (χ1n) is 5.64. The third kappa shape index (κ3) is 1.22. The summed E-state index contributed by atoms with van der Waals surface area (Å²) in [4.78, 5) is 16.2. The van der Waals surface area contributed by atoms with E-state index in [1.165, 1.54) is 0 Å². The quantitative estimate of drug-likeness (QED) is 0.504. The van der Waals surface area contributed by atoms with Crippen molar-refractivity contribution >= 4 is 17.4 Å². The lowest BCUT2D eigenvalue weighted by atomic mass is 9.69. The number of fused-ring (bicyclic) bond motifs is 2. The topological polar surface area (TPSA) is 38.7 Å². The Labute approximate surface area is 99.8 Å². The fourth-order valence-corrected chi connectivity index (χ4v) is 2.76. The maximum atomic E-state index is 11.6. The number of hydrogen-bond acceptors (Lipinski definition) is 3. The smallest absolute Gasteiger partial charge is 0.307 e. The van der Waals surface area contributed by atoms with Crippen molar-refractivity contribution in [2.75, 3.05) is 6.61 Å². The van der Waals surface area contributed by atoms with Crippen LogP contribution in [0.5, 0.6) is 0 Å². The molecule has 0 aromatic heterocycles. The highest BCUT2D eigenvalue weighted by Gasteiger charge is 2.48. The van der Waals surface area contributed by atoms with Crippen LogP contribution in [-0.2, 0) is 14.9 Å². The molecule has 1 fully saturated rings. The molecule has 1 aromatic rings. The van der Waals surface area contributed by atoms with E-state index in [4.69, 9.17) is 4.74 Å². The van der Waals surface area contributed by atoms with E-state index >= 15 is 0 Å². The van der Waals surface area contributed by atoms with Crippen LogP contribution < -0.4 is 0 Å². The Morgan fingerprint density at radius 3 is 3.00 bits per heavy atom. The fraction of sp³-hybridized carbons (Fsp3) is 0.286. The van der Waals surface area contributed by atoms with Crippen molar-refractivity contribution in [2.45, 2.75) is 18.8 Å². The summed E-state index contributed by atoms with van der Waals surface area (Å²) in [5, 5.41) is 0. The number of rotatable bonds is 0. The van der Waals surface area contributed by atoms with Crippen LogP contribution >= 0.6 is 0 Å². The van der Waals surface area contributed by atoms with Crippen molar-refractivity contribution in [3.8, 4) is 0 Å². The van der Waals surface area contributed by atoms with Gasteiger partial charge in [-0.05, 0) is 24.1 Å². The van der Waals surface area contributed by atoms with E-state index in [0.717, 1.165) is 22.5 Å². The molecule has 0 radical (unpaired) electrons. The number of carbonyl (C=O) groups excluding carboxylic acids is 1. The summed E-state index contributed by atoms with van der Waals surface area (Å²) in [6.45, 7) is 6.33. The van der Waals surface area contributed by atoms with Gasteiger partial charge in [-0.1, -0.05) is 24.8 Å². The Morgan fingerprint density at radius 2 is 2.18 bits per heavy atom. The van der Waals surface area contributed by atoms with Crippen LogP contribution in [0.4, 0.5) is 5.69 Å². The van der Waals surface area contributed by atoms with Gasteiger partial charge < -0.3 is 4.74 Å². The SMILES string of the molecule is C=C1COC(=O)CC12C(C)=Nc1ccccc12. The van der Waals surface area contributed by atoms with Gasteiger partial charge in [0.15, 0.2) is 0 Å². The maximum Gasteiger partial charge on any atom is 0.307 e. The number of hydrogen-bond donors (Lipinski definition) is 0. The molecule has 0 saturated carbocycles. The Kier molecular flexibility index (Phi) is 1.99. The highest BCUT2D eigenvalue weighted by Crippen LogP contribution is 2.48. The zero-order chi connectivity index (χ0) is 12.0. The standard InChI is InChI=1S/C14H13NO2/c1-9-8-17-13(16)7-14(9)10(2)15-12-6-4-3-5-11(12)14/h3-6H,1,7-8H2,2H3. The molecule has 1 saturated heterocycles. The highest BCUT2D eigenvalue weighted by atomic mass is 16.5. The first kappa shape index (κ1) is 10.3. The second kappa shape index (κ2) is 3.29. The van der Waals surface area contributed by atoms with Crippen LogP contribution in [0.2, 0.25) is 0 Å². The third-order valence-corrected chi connectivity index (χ3v) is 3.69. The third-order valence-electron chi connectivity index (χ3n) is 3.69. The van der Waals surface area contributed by atoms with E-state index in [2.05, 4.69) is 11.6 Å². The van der Waals surface area contributed by atoms with Gasteiger partial charge in [-0.3, -0.25) is 9.79 Å². The van der Waals surface area contributed by atoms with E-state index < -0.39 is 5.41 Å². The van der Waals surface area contributed by atoms with Crippen molar-refractivity contribution in [1.82, 2.24) is 0 Å². The molecule has 17 heavy (non-hydrogen) atoms. The van der Waals surface area contributed by atoms with E-state index in [1.807, 2.05) is 31.2 Å². The molecule has 3 nitrogen and oxygen atoms in total. The molecule has 3 rings (SSSR count). The van der Waals surface area contributed by atoms with Crippen LogP contribution in [0.25, 0.3) is 0 Å². The molecule has 2 aliphatic heterocycles. The van der Waals surface area contributed by atoms with Gasteiger partial charge in [0.2, 0.25) is 0 Å². The normalized spacial score (nSPS) is 26.8. The summed E-state index contributed by atoms with van der Waals surface area (Å²) in [5.41, 5.74) is 3.47. The molecule has 0 bridgehead atoms. The van der Waals surface area contributed by atoms with E-state index in [9.17, 15) is 4.79 Å². The number of benzene rings is 1. The predicted octanol–water partition coefficient (Wildman–Crippen LogP) is 2.53. The molecule has 86 valence electrons. The molecular weight excluding hydrogens is 214 g/mol. The lowest BCUT2D eigenvalue weighted by molar-refractivity contribution is -0.145. The summed E-state index contributed by atoms with van der Waals surface area (Å²) in [6, 6.07) is 7.93. The first-order chi connectivity index (χ1) is 8.14. The number of aliphatic imine (C=N–C) groups is 1. The second-order valence-electron chi connectivity index (χ2n) is 4.56. The van der Waals surface area contributed by atoms with Crippen LogP contribution in [0.1, 0.15) is 18.9 Å². The Bertz CT molecular complexity index is 559. The molecule has 0 amide bonds. The predicted molar refractivity (Wildman–Crippen MR) is 65.6 cm³/mol. The van der Waals surface area contributed by atoms with Gasteiger partial charge in [-0.15, -0.1) is 0 Å². The largest absolute Gasteiger partial charge is 0.461 e. The van der Waals surface area contributed by atoms with Gasteiger partial charge >= 0.3 is 5.97 Å². The minimum atomic E-state index is -0.425. The lowest BCUT2D eigenvalue weighted by Gasteiger charge is -2.35. The van der Waals surface area contributed by atoms with Crippen molar-refractivity contribution in [1.29, 1.82) is 0 Å². The van der Waals surface area contributed by atoms with Gasteiger partial charge in [0.05, 0.1) is 17.5 Å². The average Bonchev–Trinajstić information content (AvgIpc) is 2.59. The van der Waals surface area contributed by atoms with Gasteiger partial charge in [0.25, 0.3) is 0 Å². The fourth-order valence-electron chi connectivity index (χ4n) is 2.76. The molecule has 1 atom stereocenters. The van der Waals surface area contributed by atoms with Crippen LogP contribution in [-0.4, -0.2) is 18.3 Å². The Morgan fingerprint density at radius 1 is 1.41 bits per heavy atom. The molecule has 1 unspecified atom stereocenters. The number of para-hydroxylation sites is 1. The van der Waals surface area contributed by atoms with Crippen LogP contribution in [0, 0.1) is 0 Å². The van der Waals surface area contributed by atoms with E-state index in [0.29, 0.717) is 13.0 Å². The Hall–Kier alpha value is -1.90. The van der Waals surface area contributed by atoms with Crippen LogP contribution in [0.15, 0.2) is 41.4 Å². The van der Waals surface area contributed by atoms with E-state index in [-0.39, 0.29) is 5.97 Å². The number of nitrogens with zero attached hydrogens (tertiary/aromatic N) is 1.